The minimum absolute atomic E-state index is 0.0178. The van der Waals surface area contributed by atoms with E-state index in [2.05, 4.69) is 10.3 Å². The predicted molar refractivity (Wildman–Crippen MR) is 130 cm³/mol. The third-order valence-electron chi connectivity index (χ3n) is 5.47. The quantitative estimate of drug-likeness (QED) is 0.301. The van der Waals surface area contributed by atoms with Crippen molar-refractivity contribution in [1.82, 2.24) is 19.6 Å². The van der Waals surface area contributed by atoms with Crippen LogP contribution in [-0.2, 0) is 11.0 Å². The highest BCUT2D eigenvalue weighted by Gasteiger charge is 2.35. The van der Waals surface area contributed by atoms with Crippen LogP contribution in [0.2, 0.25) is 5.02 Å². The van der Waals surface area contributed by atoms with E-state index in [0.29, 0.717) is 16.8 Å². The van der Waals surface area contributed by atoms with Crippen molar-refractivity contribution in [1.29, 1.82) is 0 Å². The number of hydrogen-bond donors (Lipinski definition) is 2. The lowest BCUT2D eigenvalue weighted by Gasteiger charge is -2.17. The van der Waals surface area contributed by atoms with Gasteiger partial charge in [-0.25, -0.2) is 18.3 Å². The number of nitrogens with zero attached hydrogens (tertiary/aromatic N) is 4. The number of carbonyl (C=O) groups excluding carboxylic acids is 1. The molecule has 2 N–H and O–H groups in total. The van der Waals surface area contributed by atoms with E-state index in [-0.39, 0.29) is 33.3 Å². The first kappa shape index (κ1) is 28.2. The van der Waals surface area contributed by atoms with Gasteiger partial charge in [-0.05, 0) is 36.4 Å². The smallest absolute Gasteiger partial charge is 0.436 e. The van der Waals surface area contributed by atoms with Gasteiger partial charge in [0.2, 0.25) is 0 Å². The molecule has 0 spiro atoms. The van der Waals surface area contributed by atoms with Crippen LogP contribution in [0, 0.1) is 5.82 Å². The van der Waals surface area contributed by atoms with Crippen LogP contribution in [0.3, 0.4) is 0 Å². The van der Waals surface area contributed by atoms with Crippen LogP contribution < -0.4 is 15.6 Å². The average molecular weight is 584 g/mol. The molecule has 0 saturated heterocycles. The summed E-state index contributed by atoms with van der Waals surface area (Å²) in [5.41, 5.74) is -3.23. The first-order chi connectivity index (χ1) is 18.8. The lowest BCUT2D eigenvalue weighted by atomic mass is 10.0. The van der Waals surface area contributed by atoms with Gasteiger partial charge >= 0.3 is 12.1 Å². The molecule has 0 saturated carbocycles. The van der Waals surface area contributed by atoms with Crippen molar-refractivity contribution in [2.45, 2.75) is 12.5 Å². The molecule has 1 unspecified atom stereocenters. The van der Waals surface area contributed by atoms with E-state index >= 15 is 4.39 Å². The minimum Gasteiger partial charge on any atom is -0.495 e. The van der Waals surface area contributed by atoms with E-state index in [0.717, 1.165) is 36.2 Å². The van der Waals surface area contributed by atoms with E-state index in [1.807, 2.05) is 5.32 Å². The molecule has 1 atom stereocenters. The Kier molecular flexibility index (Phi) is 7.59. The van der Waals surface area contributed by atoms with Crippen LogP contribution >= 0.6 is 11.6 Å². The number of halogens is 6. The molecule has 2 aromatic heterocycles. The fraction of sp³-hybridized carbons (Fsp3) is 0.125. The second-order valence-corrected chi connectivity index (χ2v) is 8.47. The van der Waals surface area contributed by atoms with Crippen molar-refractivity contribution in [2.75, 3.05) is 12.4 Å². The number of aromatic nitrogens is 4. The number of carboxylic acids is 1. The fourth-order valence-corrected chi connectivity index (χ4v) is 3.78. The molecule has 16 heteroatoms. The van der Waals surface area contributed by atoms with E-state index < -0.39 is 47.0 Å². The lowest BCUT2D eigenvalue weighted by molar-refractivity contribution is -0.141. The molecule has 0 bridgehead atoms. The van der Waals surface area contributed by atoms with Gasteiger partial charge in [0, 0.05) is 27.9 Å². The summed E-state index contributed by atoms with van der Waals surface area (Å²) < 4.78 is 74.6. The predicted octanol–water partition coefficient (Wildman–Crippen LogP) is 4.72. The fourth-order valence-electron chi connectivity index (χ4n) is 3.61. The lowest BCUT2D eigenvalue weighted by Crippen LogP contribution is -2.30. The van der Waals surface area contributed by atoms with E-state index in [1.54, 1.807) is 0 Å². The zero-order valence-electron chi connectivity index (χ0n) is 19.9. The van der Waals surface area contributed by atoms with Gasteiger partial charge in [-0.2, -0.15) is 13.2 Å². The monoisotopic (exact) mass is 583 g/mol. The number of pyridine rings is 1. The van der Waals surface area contributed by atoms with Crippen LogP contribution in [0.4, 0.5) is 27.6 Å². The van der Waals surface area contributed by atoms with Crippen molar-refractivity contribution in [3.63, 3.8) is 0 Å². The standard InChI is InChI=1S/C24H15ClF5N5O5/c1-40-18-9-34(21(27)22(37)31-12-3-4-13(23(38)39)16(26)7-12)20(36)8-15(18)14-6-11(25)2-5-17(14)35-10-19(32-33-35)24(28,29)30/h2-10,21H,1H3,(H,31,37)(H,38,39). The maximum atomic E-state index is 15.1. The summed E-state index contributed by atoms with van der Waals surface area (Å²) in [4.78, 5) is 36.3. The summed E-state index contributed by atoms with van der Waals surface area (Å²) in [6.45, 7) is 0. The summed E-state index contributed by atoms with van der Waals surface area (Å²) in [7, 11) is 1.16. The van der Waals surface area contributed by atoms with Gasteiger partial charge in [-0.15, -0.1) is 5.10 Å². The number of hydrogen-bond acceptors (Lipinski definition) is 6. The maximum absolute atomic E-state index is 15.1. The van der Waals surface area contributed by atoms with Crippen molar-refractivity contribution in [2.24, 2.45) is 0 Å². The Labute approximate surface area is 225 Å². The van der Waals surface area contributed by atoms with Gasteiger partial charge in [-0.3, -0.25) is 14.2 Å². The number of carbonyl (C=O) groups is 2. The highest BCUT2D eigenvalue weighted by Crippen LogP contribution is 2.36. The first-order valence-corrected chi connectivity index (χ1v) is 11.3. The highest BCUT2D eigenvalue weighted by atomic mass is 35.5. The van der Waals surface area contributed by atoms with E-state index in [9.17, 15) is 31.9 Å². The van der Waals surface area contributed by atoms with Crippen molar-refractivity contribution in [3.8, 4) is 22.6 Å². The Morgan fingerprint density at radius 3 is 2.42 bits per heavy atom. The molecule has 0 fully saturated rings. The van der Waals surface area contributed by atoms with Gasteiger partial charge in [0.25, 0.3) is 17.8 Å². The van der Waals surface area contributed by atoms with Crippen molar-refractivity contribution >= 4 is 29.2 Å². The first-order valence-electron chi connectivity index (χ1n) is 10.9. The second kappa shape index (κ2) is 10.8. The van der Waals surface area contributed by atoms with Gasteiger partial charge in [0.15, 0.2) is 5.69 Å². The summed E-state index contributed by atoms with van der Waals surface area (Å²) in [6.07, 6.45) is -5.96. The average Bonchev–Trinajstić information content (AvgIpc) is 3.39. The van der Waals surface area contributed by atoms with Crippen LogP contribution in [-0.4, -0.2) is 43.7 Å². The Bertz CT molecular complexity index is 1690. The van der Waals surface area contributed by atoms with Gasteiger partial charge in [0.05, 0.1) is 30.8 Å². The molecule has 4 rings (SSSR count). The van der Waals surface area contributed by atoms with Crippen LogP contribution in [0.1, 0.15) is 22.3 Å². The normalized spacial score (nSPS) is 12.2. The van der Waals surface area contributed by atoms with E-state index in [1.165, 1.54) is 18.2 Å². The minimum atomic E-state index is -4.77. The molecule has 4 aromatic rings. The number of ether oxygens (including phenoxy) is 1. The largest absolute Gasteiger partial charge is 0.495 e. The summed E-state index contributed by atoms with van der Waals surface area (Å²) in [5.74, 6) is -4.31. The van der Waals surface area contributed by atoms with Crippen molar-refractivity contribution < 1.29 is 41.4 Å². The number of alkyl halides is 4. The number of nitrogens with one attached hydrogen (secondary N) is 1. The number of methoxy groups -OCH3 is 1. The zero-order chi connectivity index (χ0) is 29.4. The molecular weight excluding hydrogens is 569 g/mol. The third kappa shape index (κ3) is 5.63. The molecule has 2 heterocycles. The second-order valence-electron chi connectivity index (χ2n) is 8.03. The van der Waals surface area contributed by atoms with Gasteiger partial charge in [-0.1, -0.05) is 16.8 Å². The number of benzene rings is 2. The number of carboxylic acid groups (broad SMARTS) is 1. The van der Waals surface area contributed by atoms with Gasteiger partial charge in [0.1, 0.15) is 11.6 Å². The molecule has 208 valence electrons. The Hall–Kier alpha value is -4.79. The zero-order valence-corrected chi connectivity index (χ0v) is 20.7. The maximum Gasteiger partial charge on any atom is 0.436 e. The number of aromatic carboxylic acids is 1. The molecular formula is C24H15ClF5N5O5. The summed E-state index contributed by atoms with van der Waals surface area (Å²) >= 11 is 6.08. The SMILES string of the molecule is COc1cn(C(F)C(=O)Nc2ccc(C(=O)O)c(F)c2)c(=O)cc1-c1cc(Cl)ccc1-n1cc(C(F)(F)F)nn1. The van der Waals surface area contributed by atoms with Crippen molar-refractivity contribution in [3.05, 3.63) is 87.3 Å². The van der Waals surface area contributed by atoms with Gasteiger partial charge < -0.3 is 15.2 Å². The summed E-state index contributed by atoms with van der Waals surface area (Å²) in [6, 6.07) is 7.40. The topological polar surface area (TPSA) is 128 Å². The molecule has 40 heavy (non-hydrogen) atoms. The third-order valence-corrected chi connectivity index (χ3v) is 5.71. The number of amides is 1. The number of anilines is 1. The van der Waals surface area contributed by atoms with Crippen LogP contribution in [0.5, 0.6) is 5.75 Å². The molecule has 0 radical (unpaired) electrons. The molecule has 0 aliphatic heterocycles. The highest BCUT2D eigenvalue weighted by molar-refractivity contribution is 6.31. The van der Waals surface area contributed by atoms with Crippen LogP contribution in [0.25, 0.3) is 16.8 Å². The van der Waals surface area contributed by atoms with E-state index in [4.69, 9.17) is 21.4 Å². The summed E-state index contributed by atoms with van der Waals surface area (Å²) in [5, 5.41) is 17.6. The molecule has 0 aliphatic rings. The molecule has 1 amide bonds. The van der Waals surface area contributed by atoms with Crippen LogP contribution in [0.15, 0.2) is 59.7 Å². The molecule has 2 aromatic carbocycles. The Morgan fingerprint density at radius 2 is 1.82 bits per heavy atom. The number of rotatable bonds is 7. The Balaban J connectivity index is 1.71. The molecule has 0 aliphatic carbocycles. The Morgan fingerprint density at radius 1 is 1.10 bits per heavy atom. The molecule has 10 nitrogen and oxygen atoms in total.